The maximum atomic E-state index is 11.8. The molecule has 176 valence electrons. The Morgan fingerprint density at radius 1 is 1.06 bits per heavy atom. The van der Waals surface area contributed by atoms with Crippen molar-refractivity contribution in [2.75, 3.05) is 11.9 Å². The van der Waals surface area contributed by atoms with E-state index >= 15 is 0 Å². The van der Waals surface area contributed by atoms with E-state index in [1.165, 1.54) is 33.5 Å². The monoisotopic (exact) mass is 471 g/mol. The van der Waals surface area contributed by atoms with Gasteiger partial charge in [-0.15, -0.1) is 11.3 Å². The number of nitrogens with zero attached hydrogens (tertiary/aromatic N) is 5. The Labute approximate surface area is 196 Å². The van der Waals surface area contributed by atoms with Crippen LogP contribution in [0.5, 0.6) is 0 Å². The summed E-state index contributed by atoms with van der Waals surface area (Å²) >= 11 is 1.41. The number of hydrogen-bond donors (Lipinski definition) is 0. The van der Waals surface area contributed by atoms with Crippen LogP contribution in [0, 0.1) is 41.5 Å². The van der Waals surface area contributed by atoms with Crippen molar-refractivity contribution >= 4 is 28.1 Å². The second kappa shape index (κ2) is 9.30. The topological polar surface area (TPSA) is 103 Å². The Hall–Kier alpha value is -3.27. The number of hydrogen-bond acceptors (Lipinski definition) is 8. The average Bonchev–Trinajstić information content (AvgIpc) is 3.29. The van der Waals surface area contributed by atoms with Crippen LogP contribution in [-0.2, 0) is 23.3 Å². The summed E-state index contributed by atoms with van der Waals surface area (Å²) in [5.41, 5.74) is 7.51. The summed E-state index contributed by atoms with van der Waals surface area (Å²) in [6, 6.07) is 0. The molecular formula is C23H29N5O4S. The molecule has 2 aromatic heterocycles. The molecule has 0 radical (unpaired) electrons. The minimum atomic E-state index is -0.705. The number of anilines is 1. The molecule has 0 spiro atoms. The van der Waals surface area contributed by atoms with Gasteiger partial charge in [-0.25, -0.2) is 9.78 Å². The van der Waals surface area contributed by atoms with Crippen molar-refractivity contribution in [1.82, 2.24) is 14.7 Å². The Balaban J connectivity index is 2.06. The lowest BCUT2D eigenvalue weighted by molar-refractivity contribution is -0.116. The van der Waals surface area contributed by atoms with Crippen molar-refractivity contribution in [3.05, 3.63) is 60.3 Å². The number of thiazole rings is 1. The van der Waals surface area contributed by atoms with Gasteiger partial charge in [-0.05, 0) is 69.4 Å². The van der Waals surface area contributed by atoms with E-state index in [0.717, 1.165) is 32.7 Å². The maximum absolute atomic E-state index is 11.8. The Kier molecular flexibility index (Phi) is 6.87. The van der Waals surface area contributed by atoms with Crippen LogP contribution < -0.4 is 10.7 Å². The van der Waals surface area contributed by atoms with Crippen LogP contribution in [0.4, 0.5) is 5.13 Å². The van der Waals surface area contributed by atoms with Gasteiger partial charge in [0.25, 0.3) is 0 Å². The van der Waals surface area contributed by atoms with Crippen molar-refractivity contribution in [2.24, 2.45) is 12.2 Å². The van der Waals surface area contributed by atoms with Crippen molar-refractivity contribution < 1.29 is 14.2 Å². The zero-order valence-electron chi connectivity index (χ0n) is 20.5. The van der Waals surface area contributed by atoms with Crippen LogP contribution in [0.3, 0.4) is 0 Å². The van der Waals surface area contributed by atoms with Gasteiger partial charge < -0.3 is 9.36 Å². The van der Waals surface area contributed by atoms with Gasteiger partial charge in [-0.2, -0.15) is 9.72 Å². The van der Waals surface area contributed by atoms with Crippen molar-refractivity contribution in [1.29, 1.82) is 0 Å². The summed E-state index contributed by atoms with van der Waals surface area (Å²) in [6.45, 7) is 13.8. The first-order valence-electron chi connectivity index (χ1n) is 10.5. The Morgan fingerprint density at radius 3 is 2.15 bits per heavy atom. The van der Waals surface area contributed by atoms with Crippen LogP contribution in [0.15, 0.2) is 14.5 Å². The van der Waals surface area contributed by atoms with Crippen LogP contribution in [-0.4, -0.2) is 33.4 Å². The highest BCUT2D eigenvalue weighted by molar-refractivity contribution is 7.15. The molecule has 0 aliphatic heterocycles. The number of oxime groups is 1. The smallest absolute Gasteiger partial charge is 0.389 e. The molecule has 0 fully saturated rings. The fraction of sp³-hybridized carbons (Fsp3) is 0.435. The zero-order valence-corrected chi connectivity index (χ0v) is 21.3. The molecule has 0 saturated heterocycles. The minimum absolute atomic E-state index is 0.0977. The number of benzene rings is 1. The lowest BCUT2D eigenvalue weighted by Crippen LogP contribution is -2.22. The molecule has 0 saturated carbocycles. The van der Waals surface area contributed by atoms with E-state index in [1.807, 2.05) is 20.8 Å². The number of carbonyl (C=O) groups is 1. The molecule has 3 rings (SSSR count). The Morgan fingerprint density at radius 2 is 1.64 bits per heavy atom. The molecule has 1 aromatic carbocycles. The van der Waals surface area contributed by atoms with Crippen molar-refractivity contribution in [3.8, 4) is 0 Å². The molecule has 0 aliphatic carbocycles. The van der Waals surface area contributed by atoms with Crippen molar-refractivity contribution in [2.45, 2.75) is 55.1 Å². The number of aryl methyl sites for hydroxylation is 2. The van der Waals surface area contributed by atoms with Crippen LogP contribution in [0.25, 0.3) is 0 Å². The fourth-order valence-electron chi connectivity index (χ4n) is 3.58. The summed E-state index contributed by atoms with van der Waals surface area (Å²) in [7, 11) is 3.28. The van der Waals surface area contributed by atoms with Gasteiger partial charge >= 0.3 is 5.76 Å². The van der Waals surface area contributed by atoms with E-state index < -0.39 is 5.76 Å². The van der Waals surface area contributed by atoms with Gasteiger partial charge in [0.15, 0.2) is 23.3 Å². The third-order valence-corrected chi connectivity index (χ3v) is 7.25. The molecule has 0 unspecified atom stereocenters. The number of carbonyl (C=O) groups excluding carboxylic acids is 1. The fourth-order valence-corrected chi connectivity index (χ4v) is 4.49. The van der Waals surface area contributed by atoms with E-state index in [9.17, 15) is 9.59 Å². The number of amides is 1. The number of rotatable bonds is 6. The normalized spacial score (nSPS) is 11.7. The standard InChI is InChI=1S/C23H29N5O4S/c1-11-12(2)14(4)19(15(5)13(11)3)20(21-25-23(30)32-28(21)9)26-31-10-18-16(6)33-22(24-18)27(8)17(7)29/h10H2,1-9H3. The van der Waals surface area contributed by atoms with Crippen molar-refractivity contribution in [3.63, 3.8) is 0 Å². The van der Waals surface area contributed by atoms with Crippen LogP contribution in [0.1, 0.15) is 56.7 Å². The summed E-state index contributed by atoms with van der Waals surface area (Å²) in [5, 5.41) is 5.01. The highest BCUT2D eigenvalue weighted by Crippen LogP contribution is 2.29. The quantitative estimate of drug-likeness (QED) is 0.402. The van der Waals surface area contributed by atoms with Gasteiger partial charge in [-0.1, -0.05) is 5.16 Å². The largest absolute Gasteiger partial charge is 0.460 e. The molecule has 0 aliphatic rings. The predicted octanol–water partition coefficient (Wildman–Crippen LogP) is 3.63. The molecular weight excluding hydrogens is 442 g/mol. The van der Waals surface area contributed by atoms with E-state index in [0.29, 0.717) is 16.5 Å². The van der Waals surface area contributed by atoms with Gasteiger partial charge in [-0.3, -0.25) is 9.69 Å². The first-order chi connectivity index (χ1) is 15.4. The summed E-state index contributed by atoms with van der Waals surface area (Å²) in [4.78, 5) is 40.2. The van der Waals surface area contributed by atoms with E-state index in [2.05, 4.69) is 35.9 Å². The average molecular weight is 472 g/mol. The third kappa shape index (κ3) is 4.61. The highest BCUT2D eigenvalue weighted by atomic mass is 32.1. The zero-order chi connectivity index (χ0) is 24.6. The summed E-state index contributed by atoms with van der Waals surface area (Å²) in [6.07, 6.45) is 0. The lowest BCUT2D eigenvalue weighted by Gasteiger charge is -2.19. The molecule has 33 heavy (non-hydrogen) atoms. The van der Waals surface area contributed by atoms with Gasteiger partial charge in [0.05, 0.1) is 5.69 Å². The Bertz CT molecular complexity index is 1290. The van der Waals surface area contributed by atoms with E-state index in [-0.39, 0.29) is 18.3 Å². The van der Waals surface area contributed by atoms with Gasteiger partial charge in [0, 0.05) is 31.5 Å². The summed E-state index contributed by atoms with van der Waals surface area (Å²) in [5.74, 6) is -0.524. The molecule has 1 amide bonds. The highest BCUT2D eigenvalue weighted by Gasteiger charge is 2.24. The molecule has 0 N–H and O–H groups in total. The molecule has 9 nitrogen and oxygen atoms in total. The summed E-state index contributed by atoms with van der Waals surface area (Å²) < 4.78 is 6.38. The first kappa shape index (κ1) is 24.4. The molecule has 3 aromatic rings. The van der Waals surface area contributed by atoms with E-state index in [1.54, 1.807) is 14.1 Å². The molecule has 0 atom stereocenters. The second-order valence-electron chi connectivity index (χ2n) is 8.08. The van der Waals surface area contributed by atoms with E-state index in [4.69, 9.17) is 9.36 Å². The van der Waals surface area contributed by atoms with Gasteiger partial charge in [0.2, 0.25) is 5.91 Å². The molecule has 10 heteroatoms. The maximum Gasteiger partial charge on any atom is 0.460 e. The molecule has 0 bridgehead atoms. The molecule has 2 heterocycles. The number of aromatic nitrogens is 3. The minimum Gasteiger partial charge on any atom is -0.389 e. The lowest BCUT2D eigenvalue weighted by atomic mass is 9.87. The van der Waals surface area contributed by atoms with Crippen LogP contribution >= 0.6 is 11.3 Å². The van der Waals surface area contributed by atoms with Crippen LogP contribution in [0.2, 0.25) is 0 Å². The first-order valence-corrected chi connectivity index (χ1v) is 11.3. The second-order valence-corrected chi connectivity index (χ2v) is 9.26. The SMILES string of the molecule is CC(=O)N(C)c1nc(CON=C(c2c(C)c(C)c(C)c(C)c2C)c2nc(=O)on2C)c(C)s1. The predicted molar refractivity (Wildman–Crippen MR) is 128 cm³/mol. The third-order valence-electron chi connectivity index (χ3n) is 6.16. The van der Waals surface area contributed by atoms with Gasteiger partial charge in [0.1, 0.15) is 0 Å².